The van der Waals surface area contributed by atoms with Crippen LogP contribution in [-0.4, -0.2) is 60.7 Å². The summed E-state index contributed by atoms with van der Waals surface area (Å²) in [5, 5.41) is 17.8. The minimum absolute atomic E-state index is 0.0894. The number of sulfone groups is 1. The van der Waals surface area contributed by atoms with Crippen molar-refractivity contribution in [3.05, 3.63) is 23.8 Å². The van der Waals surface area contributed by atoms with Crippen LogP contribution in [0.2, 0.25) is 0 Å². The van der Waals surface area contributed by atoms with E-state index in [9.17, 15) is 18.0 Å². The molecule has 2 aromatic rings. The van der Waals surface area contributed by atoms with Crippen LogP contribution < -0.4 is 0 Å². The largest absolute Gasteiger partial charge is 0.480 e. The third kappa shape index (κ3) is 4.36. The smallest absolute Gasteiger partial charge is 0.318 e. The molecule has 0 aromatic carbocycles. The van der Waals surface area contributed by atoms with Gasteiger partial charge in [-0.2, -0.15) is 0 Å². The highest BCUT2D eigenvalue weighted by Crippen LogP contribution is 2.31. The molecule has 2 N–H and O–H groups in total. The molecule has 28 heavy (non-hydrogen) atoms. The Morgan fingerprint density at radius 3 is 2.57 bits per heavy atom. The normalized spacial score (nSPS) is 18.7. The quantitative estimate of drug-likeness (QED) is 0.616. The molecule has 1 unspecified atom stereocenters. The van der Waals surface area contributed by atoms with Gasteiger partial charge in [-0.25, -0.2) is 18.4 Å². The van der Waals surface area contributed by atoms with Gasteiger partial charge >= 0.3 is 11.9 Å². The lowest BCUT2D eigenvalue weighted by molar-refractivity contribution is -0.142. The molecular formula is C15H18N4O7S2. The fourth-order valence-electron chi connectivity index (χ4n) is 2.64. The van der Waals surface area contributed by atoms with Gasteiger partial charge in [-0.3, -0.25) is 9.59 Å². The number of esters is 1. The number of aliphatic carboxylic acids is 1. The molecule has 0 spiro atoms. The fourth-order valence-corrected chi connectivity index (χ4v) is 5.04. The van der Waals surface area contributed by atoms with Crippen LogP contribution in [0.1, 0.15) is 18.3 Å². The summed E-state index contributed by atoms with van der Waals surface area (Å²) in [6, 6.07) is 0. The molecule has 1 atom stereocenters. The highest BCUT2D eigenvalue weighted by molar-refractivity contribution is 8.00. The van der Waals surface area contributed by atoms with Crippen molar-refractivity contribution in [3.8, 4) is 0 Å². The summed E-state index contributed by atoms with van der Waals surface area (Å²) in [4.78, 5) is 29.3. The zero-order chi connectivity index (χ0) is 20.5. The number of ether oxygens (including phenoxy) is 1. The first-order valence-corrected chi connectivity index (χ1v) is 10.7. The molecule has 2 aliphatic heterocycles. The number of carboxylic acid groups (broad SMARTS) is 1. The molecular weight excluding hydrogens is 412 g/mol. The second-order valence-corrected chi connectivity index (χ2v) is 9.25. The Labute approximate surface area is 164 Å². The number of hydrogen-bond acceptors (Lipinski definition) is 9. The standard InChI is InChI=1S/C9H10N2O4S.C6H8N2O3S/c1-5(12)15-4-6-2-11-3-7(8(13)14)16-9(11)10-6;9-4-5-3-8-1-2-12(10,11)6(8)7-5/h2,7H,3-4H2,1H3,(H,13,14);3,9H,1-2,4H2. The van der Waals surface area contributed by atoms with Crippen LogP contribution >= 0.6 is 11.8 Å². The van der Waals surface area contributed by atoms with Crippen molar-refractivity contribution in [2.45, 2.75) is 48.8 Å². The van der Waals surface area contributed by atoms with Crippen molar-refractivity contribution >= 4 is 33.5 Å². The summed E-state index contributed by atoms with van der Waals surface area (Å²) in [5.41, 5.74) is 1.05. The maximum Gasteiger partial charge on any atom is 0.318 e. The van der Waals surface area contributed by atoms with Crippen molar-refractivity contribution in [1.82, 2.24) is 19.1 Å². The summed E-state index contributed by atoms with van der Waals surface area (Å²) in [5.74, 6) is -1.07. The van der Waals surface area contributed by atoms with Crippen LogP contribution in [0.3, 0.4) is 0 Å². The number of carbonyl (C=O) groups is 2. The van der Waals surface area contributed by atoms with Crippen LogP contribution in [-0.2, 0) is 50.5 Å². The van der Waals surface area contributed by atoms with Crippen LogP contribution in [0.25, 0.3) is 0 Å². The number of carboxylic acids is 1. The molecule has 11 nitrogen and oxygen atoms in total. The number of aromatic nitrogens is 4. The average Bonchev–Trinajstić information content (AvgIpc) is 3.34. The number of nitrogens with zero attached hydrogens (tertiary/aromatic N) is 4. The average molecular weight is 430 g/mol. The van der Waals surface area contributed by atoms with E-state index in [-0.39, 0.29) is 30.1 Å². The molecule has 0 aliphatic carbocycles. The van der Waals surface area contributed by atoms with E-state index in [1.165, 1.54) is 18.7 Å². The highest BCUT2D eigenvalue weighted by Gasteiger charge is 2.30. The summed E-state index contributed by atoms with van der Waals surface area (Å²) in [6.45, 7) is 2.11. The molecule has 0 bridgehead atoms. The van der Waals surface area contributed by atoms with Crippen molar-refractivity contribution in [3.63, 3.8) is 0 Å². The van der Waals surface area contributed by atoms with E-state index >= 15 is 0 Å². The van der Waals surface area contributed by atoms with E-state index < -0.39 is 21.1 Å². The van der Waals surface area contributed by atoms with Gasteiger partial charge in [0, 0.05) is 32.4 Å². The van der Waals surface area contributed by atoms with Gasteiger partial charge in [-0.15, -0.1) is 0 Å². The number of imidazole rings is 2. The fraction of sp³-hybridized carbons (Fsp3) is 0.467. The predicted octanol–water partition coefficient (Wildman–Crippen LogP) is -0.332. The number of aliphatic hydroxyl groups is 1. The van der Waals surface area contributed by atoms with E-state index in [0.717, 1.165) is 0 Å². The molecule has 0 radical (unpaired) electrons. The van der Waals surface area contributed by atoms with Gasteiger partial charge in [-0.05, 0) is 0 Å². The molecule has 152 valence electrons. The lowest BCUT2D eigenvalue weighted by atomic mass is 10.4. The van der Waals surface area contributed by atoms with E-state index in [1.54, 1.807) is 21.5 Å². The van der Waals surface area contributed by atoms with Gasteiger partial charge in [0.2, 0.25) is 15.0 Å². The molecule has 0 amide bonds. The predicted molar refractivity (Wildman–Crippen MR) is 95.2 cm³/mol. The van der Waals surface area contributed by atoms with E-state index in [1.807, 2.05) is 0 Å². The maximum absolute atomic E-state index is 11.2. The third-order valence-electron chi connectivity index (χ3n) is 3.93. The first kappa shape index (κ1) is 20.4. The Hall–Kier alpha value is -2.38. The Kier molecular flexibility index (Phi) is 5.76. The number of aliphatic hydroxyl groups excluding tert-OH is 1. The maximum atomic E-state index is 11.2. The number of thioether (sulfide) groups is 1. The molecule has 0 saturated carbocycles. The Morgan fingerprint density at radius 1 is 1.29 bits per heavy atom. The Balaban J connectivity index is 0.000000167. The van der Waals surface area contributed by atoms with E-state index in [0.29, 0.717) is 29.6 Å². The monoisotopic (exact) mass is 430 g/mol. The van der Waals surface area contributed by atoms with Crippen LogP contribution in [0, 0.1) is 0 Å². The summed E-state index contributed by atoms with van der Waals surface area (Å²) >= 11 is 1.21. The lowest BCUT2D eigenvalue weighted by Gasteiger charge is -2.00. The molecule has 0 saturated heterocycles. The lowest BCUT2D eigenvalue weighted by Crippen LogP contribution is -2.16. The number of aryl methyl sites for hydroxylation is 1. The van der Waals surface area contributed by atoms with E-state index in [2.05, 4.69) is 9.97 Å². The van der Waals surface area contributed by atoms with Gasteiger partial charge in [-0.1, -0.05) is 11.8 Å². The highest BCUT2D eigenvalue weighted by atomic mass is 32.2. The molecule has 2 aliphatic rings. The van der Waals surface area contributed by atoms with Gasteiger partial charge in [0.05, 0.1) is 23.7 Å². The second-order valence-electron chi connectivity index (χ2n) is 6.08. The Bertz CT molecular complexity index is 988. The minimum atomic E-state index is -3.15. The number of hydrogen-bond donors (Lipinski definition) is 2. The van der Waals surface area contributed by atoms with Gasteiger partial charge in [0.25, 0.3) is 0 Å². The number of rotatable bonds is 4. The molecule has 13 heteroatoms. The molecule has 2 aromatic heterocycles. The van der Waals surface area contributed by atoms with Crippen LogP contribution in [0.4, 0.5) is 0 Å². The number of fused-ring (bicyclic) bond motifs is 2. The van der Waals surface area contributed by atoms with Crippen molar-refractivity contribution in [2.75, 3.05) is 5.75 Å². The zero-order valence-corrected chi connectivity index (χ0v) is 16.4. The summed E-state index contributed by atoms with van der Waals surface area (Å²) in [7, 11) is -3.15. The van der Waals surface area contributed by atoms with E-state index in [4.69, 9.17) is 14.9 Å². The Morgan fingerprint density at radius 2 is 2.00 bits per heavy atom. The van der Waals surface area contributed by atoms with Crippen molar-refractivity contribution in [2.24, 2.45) is 0 Å². The van der Waals surface area contributed by atoms with Crippen LogP contribution in [0.5, 0.6) is 0 Å². The summed E-state index contributed by atoms with van der Waals surface area (Å²) < 4.78 is 30.6. The zero-order valence-electron chi connectivity index (χ0n) is 14.8. The third-order valence-corrected chi connectivity index (χ3v) is 6.70. The van der Waals surface area contributed by atoms with Gasteiger partial charge < -0.3 is 24.1 Å². The molecule has 4 rings (SSSR count). The topological polar surface area (TPSA) is 154 Å². The number of carbonyl (C=O) groups excluding carboxylic acids is 1. The van der Waals surface area contributed by atoms with Crippen molar-refractivity contribution < 1.29 is 33.0 Å². The first-order valence-electron chi connectivity index (χ1n) is 8.18. The molecule has 4 heterocycles. The second kappa shape index (κ2) is 7.93. The first-order chi connectivity index (χ1) is 13.2. The van der Waals surface area contributed by atoms with Crippen molar-refractivity contribution in [1.29, 1.82) is 0 Å². The minimum Gasteiger partial charge on any atom is -0.480 e. The van der Waals surface area contributed by atoms with Gasteiger partial charge in [0.15, 0.2) is 5.16 Å². The van der Waals surface area contributed by atoms with Gasteiger partial charge in [0.1, 0.15) is 11.9 Å². The SMILES string of the molecule is CC(=O)OCc1cn2c(n1)SC(C(=O)O)C2.O=S1(=O)CCn2cc(CO)nc21. The summed E-state index contributed by atoms with van der Waals surface area (Å²) in [6.07, 6.45) is 3.29. The van der Waals surface area contributed by atoms with Crippen LogP contribution in [0.15, 0.2) is 22.7 Å². The molecule has 0 fully saturated rings.